The maximum Gasteiger partial charge on any atom is 0.106 e. The lowest BCUT2D eigenvalue weighted by molar-refractivity contribution is 0.319. The molecule has 1 aromatic rings. The number of aromatic nitrogens is 1. The van der Waals surface area contributed by atoms with Gasteiger partial charge in [0, 0.05) is 37.9 Å². The van der Waals surface area contributed by atoms with Gasteiger partial charge in [0.2, 0.25) is 0 Å². The quantitative estimate of drug-likeness (QED) is 0.825. The number of nitrogens with zero attached hydrogens (tertiary/aromatic N) is 2. The molecule has 3 rings (SSSR count). The highest BCUT2D eigenvalue weighted by Gasteiger charge is 2.43. The van der Waals surface area contributed by atoms with Gasteiger partial charge in [-0.1, -0.05) is 6.07 Å². The fourth-order valence-corrected chi connectivity index (χ4v) is 2.59. The fourth-order valence-electron chi connectivity index (χ4n) is 2.36. The molecule has 1 saturated heterocycles. The predicted octanol–water partition coefficient (Wildman–Crippen LogP) is 1.56. The van der Waals surface area contributed by atoms with E-state index in [0.29, 0.717) is 5.92 Å². The van der Waals surface area contributed by atoms with Crippen LogP contribution in [-0.4, -0.2) is 35.7 Å². The van der Waals surface area contributed by atoms with Crippen molar-refractivity contribution in [3.05, 3.63) is 28.5 Å². The molecule has 3 nitrogen and oxygen atoms in total. The highest BCUT2D eigenvalue weighted by atomic mass is 79.9. The zero-order chi connectivity index (χ0) is 10.3. The molecule has 0 amide bonds. The molecular formula is C11H14BrN3. The molecule has 1 aliphatic heterocycles. The molecule has 2 aliphatic rings. The van der Waals surface area contributed by atoms with Crippen LogP contribution in [0.4, 0.5) is 0 Å². The Morgan fingerprint density at radius 3 is 3.07 bits per heavy atom. The molecule has 0 bridgehead atoms. The molecule has 2 fully saturated rings. The summed E-state index contributed by atoms with van der Waals surface area (Å²) in [6.45, 7) is 3.40. The third kappa shape index (κ3) is 1.94. The van der Waals surface area contributed by atoms with Crippen LogP contribution in [0.2, 0.25) is 0 Å². The van der Waals surface area contributed by atoms with Gasteiger partial charge in [0.1, 0.15) is 4.60 Å². The Hall–Kier alpha value is -0.450. The minimum atomic E-state index is 0.713. The average Bonchev–Trinajstić information content (AvgIpc) is 2.87. The molecule has 1 aliphatic carbocycles. The maximum atomic E-state index is 4.28. The molecule has 1 saturated carbocycles. The average molecular weight is 268 g/mol. The summed E-state index contributed by atoms with van der Waals surface area (Å²) in [5.41, 5.74) is 1.38. The molecule has 0 radical (unpaired) electrons. The highest BCUT2D eigenvalue weighted by molar-refractivity contribution is 9.10. The van der Waals surface area contributed by atoms with Crippen LogP contribution in [0, 0.1) is 0 Å². The van der Waals surface area contributed by atoms with Gasteiger partial charge in [-0.15, -0.1) is 0 Å². The normalized spacial score (nSPS) is 30.7. The summed E-state index contributed by atoms with van der Waals surface area (Å²) in [4.78, 5) is 6.82. The molecule has 80 valence electrons. The maximum absolute atomic E-state index is 4.28. The first kappa shape index (κ1) is 9.75. The van der Waals surface area contributed by atoms with Gasteiger partial charge >= 0.3 is 0 Å². The largest absolute Gasteiger partial charge is 0.303 e. The first-order valence-corrected chi connectivity index (χ1v) is 6.20. The van der Waals surface area contributed by atoms with Crippen LogP contribution in [0.15, 0.2) is 22.9 Å². The Morgan fingerprint density at radius 2 is 2.40 bits per heavy atom. The molecule has 15 heavy (non-hydrogen) atoms. The summed E-state index contributed by atoms with van der Waals surface area (Å²) in [5.74, 6) is 0.713. The smallest absolute Gasteiger partial charge is 0.106 e. The van der Waals surface area contributed by atoms with Crippen molar-refractivity contribution in [2.24, 2.45) is 0 Å². The number of hydrogen-bond acceptors (Lipinski definition) is 3. The van der Waals surface area contributed by atoms with Crippen molar-refractivity contribution in [3.63, 3.8) is 0 Å². The van der Waals surface area contributed by atoms with Crippen LogP contribution in [0.5, 0.6) is 0 Å². The van der Waals surface area contributed by atoms with Gasteiger partial charge in [0.15, 0.2) is 0 Å². The molecule has 4 heteroatoms. The van der Waals surface area contributed by atoms with E-state index in [1.54, 1.807) is 0 Å². The molecule has 0 aromatic carbocycles. The van der Waals surface area contributed by atoms with Crippen molar-refractivity contribution in [2.45, 2.75) is 18.4 Å². The van der Waals surface area contributed by atoms with Gasteiger partial charge in [0.05, 0.1) is 0 Å². The zero-order valence-electron chi connectivity index (χ0n) is 8.49. The lowest BCUT2D eigenvalue weighted by atomic mass is 10.2. The summed E-state index contributed by atoms with van der Waals surface area (Å²) < 4.78 is 0.922. The Bertz CT molecular complexity index is 345. The van der Waals surface area contributed by atoms with E-state index in [-0.39, 0.29) is 0 Å². The summed E-state index contributed by atoms with van der Waals surface area (Å²) in [7, 11) is 0. The van der Waals surface area contributed by atoms with Crippen molar-refractivity contribution in [3.8, 4) is 0 Å². The van der Waals surface area contributed by atoms with Crippen LogP contribution >= 0.6 is 15.9 Å². The Balaban J connectivity index is 1.68. The molecule has 2 unspecified atom stereocenters. The molecule has 2 atom stereocenters. The fraction of sp³-hybridized carbons (Fsp3) is 0.545. The van der Waals surface area contributed by atoms with Crippen LogP contribution in [0.1, 0.15) is 17.9 Å². The van der Waals surface area contributed by atoms with Crippen LogP contribution in [0.3, 0.4) is 0 Å². The van der Waals surface area contributed by atoms with Crippen LogP contribution in [-0.2, 0) is 0 Å². The lowest BCUT2D eigenvalue weighted by Gasteiger charge is -2.13. The minimum absolute atomic E-state index is 0.713. The SMILES string of the molecule is Brc1ccc(C2CC2N2CCNC2)cn1. The zero-order valence-corrected chi connectivity index (χ0v) is 10.1. The Labute approximate surface area is 98.0 Å². The number of halogens is 1. The molecular weight excluding hydrogens is 254 g/mol. The number of nitrogens with one attached hydrogen (secondary N) is 1. The van der Waals surface area contributed by atoms with E-state index >= 15 is 0 Å². The van der Waals surface area contributed by atoms with Gasteiger partial charge in [0.25, 0.3) is 0 Å². The second-order valence-corrected chi connectivity index (χ2v) is 5.11. The topological polar surface area (TPSA) is 28.2 Å². The van der Waals surface area contributed by atoms with Gasteiger partial charge in [-0.25, -0.2) is 4.98 Å². The summed E-state index contributed by atoms with van der Waals surface area (Å²) >= 11 is 3.36. The van der Waals surface area contributed by atoms with Crippen molar-refractivity contribution in [2.75, 3.05) is 19.8 Å². The van der Waals surface area contributed by atoms with E-state index < -0.39 is 0 Å². The van der Waals surface area contributed by atoms with Crippen molar-refractivity contribution < 1.29 is 0 Å². The van der Waals surface area contributed by atoms with E-state index in [1.807, 2.05) is 12.3 Å². The minimum Gasteiger partial charge on any atom is -0.303 e. The van der Waals surface area contributed by atoms with Gasteiger partial charge in [-0.3, -0.25) is 4.90 Å². The van der Waals surface area contributed by atoms with Crippen LogP contribution in [0.25, 0.3) is 0 Å². The first-order valence-electron chi connectivity index (χ1n) is 5.41. The Kier molecular flexibility index (Phi) is 2.50. The van der Waals surface area contributed by atoms with E-state index in [0.717, 1.165) is 23.9 Å². The molecule has 1 N–H and O–H groups in total. The van der Waals surface area contributed by atoms with E-state index in [4.69, 9.17) is 0 Å². The molecule has 0 spiro atoms. The number of rotatable bonds is 2. The summed E-state index contributed by atoms with van der Waals surface area (Å²) in [6.07, 6.45) is 3.29. The van der Waals surface area contributed by atoms with Crippen LogP contribution < -0.4 is 5.32 Å². The third-order valence-electron chi connectivity index (χ3n) is 3.29. The second-order valence-electron chi connectivity index (χ2n) is 4.29. The standard InChI is InChI=1S/C11H14BrN3/c12-11-2-1-8(6-14-11)9-5-10(9)15-4-3-13-7-15/h1-2,6,9-10,13H,3-5,7H2. The van der Waals surface area contributed by atoms with Crippen molar-refractivity contribution in [1.29, 1.82) is 0 Å². The summed E-state index contributed by atoms with van der Waals surface area (Å²) in [5, 5.41) is 3.38. The monoisotopic (exact) mass is 267 g/mol. The number of pyridine rings is 1. The lowest BCUT2D eigenvalue weighted by Crippen LogP contribution is -2.25. The van der Waals surface area contributed by atoms with Crippen molar-refractivity contribution >= 4 is 15.9 Å². The van der Waals surface area contributed by atoms with Gasteiger partial charge < -0.3 is 5.32 Å². The van der Waals surface area contributed by atoms with Gasteiger partial charge in [-0.2, -0.15) is 0 Å². The Morgan fingerprint density at radius 1 is 1.47 bits per heavy atom. The predicted molar refractivity (Wildman–Crippen MR) is 62.7 cm³/mol. The third-order valence-corrected chi connectivity index (χ3v) is 3.76. The van der Waals surface area contributed by atoms with Crippen molar-refractivity contribution in [1.82, 2.24) is 15.2 Å². The van der Waals surface area contributed by atoms with E-state index in [9.17, 15) is 0 Å². The molecule has 2 heterocycles. The van der Waals surface area contributed by atoms with Gasteiger partial charge in [-0.05, 0) is 34.0 Å². The van der Waals surface area contributed by atoms with E-state index in [1.165, 1.54) is 18.5 Å². The highest BCUT2D eigenvalue weighted by Crippen LogP contribution is 2.44. The second kappa shape index (κ2) is 3.85. The first-order chi connectivity index (χ1) is 7.34. The van der Waals surface area contributed by atoms with E-state index in [2.05, 4.69) is 37.2 Å². The number of hydrogen-bond donors (Lipinski definition) is 1. The summed E-state index contributed by atoms with van der Waals surface area (Å²) in [6, 6.07) is 4.97. The molecule has 1 aromatic heterocycles.